The van der Waals surface area contributed by atoms with Crippen molar-refractivity contribution in [3.8, 4) is 0 Å². The summed E-state index contributed by atoms with van der Waals surface area (Å²) in [6.45, 7) is 7.73. The van der Waals surface area contributed by atoms with Gasteiger partial charge in [-0.3, -0.25) is 14.4 Å². The van der Waals surface area contributed by atoms with E-state index in [-0.39, 0.29) is 36.9 Å². The van der Waals surface area contributed by atoms with E-state index in [0.29, 0.717) is 17.1 Å². The zero-order valence-corrected chi connectivity index (χ0v) is 21.6. The van der Waals surface area contributed by atoms with Crippen molar-refractivity contribution < 1.29 is 24.2 Å². The highest BCUT2D eigenvalue weighted by atomic mass is 35.5. The van der Waals surface area contributed by atoms with Crippen LogP contribution in [-0.2, 0) is 19.1 Å². The number of amides is 2. The van der Waals surface area contributed by atoms with Crippen LogP contribution in [0.3, 0.4) is 0 Å². The summed E-state index contributed by atoms with van der Waals surface area (Å²) in [6, 6.07) is 5.50. The van der Waals surface area contributed by atoms with Gasteiger partial charge in [0.1, 0.15) is 6.04 Å². The summed E-state index contributed by atoms with van der Waals surface area (Å²) in [4.78, 5) is 42.6. The van der Waals surface area contributed by atoms with Crippen molar-refractivity contribution in [2.24, 2.45) is 17.8 Å². The Labute approximate surface area is 209 Å². The SMILES string of the molecule is CCOC(=O)[C@@H]1[C@H]2C(=O)N([C@@H](CO)[C@@H](C)CC)C(C(=O)Nc3ccc(Cl)cc3)C23CC[C@@]1(C)S3. The van der Waals surface area contributed by atoms with E-state index in [0.717, 1.165) is 12.8 Å². The summed E-state index contributed by atoms with van der Waals surface area (Å²) in [7, 11) is 0. The summed E-state index contributed by atoms with van der Waals surface area (Å²) in [5.74, 6) is -2.21. The van der Waals surface area contributed by atoms with E-state index in [2.05, 4.69) is 5.32 Å². The summed E-state index contributed by atoms with van der Waals surface area (Å²) in [6.07, 6.45) is 2.11. The third-order valence-electron chi connectivity index (χ3n) is 7.96. The molecule has 0 aliphatic carbocycles. The first-order valence-corrected chi connectivity index (χ1v) is 13.2. The van der Waals surface area contributed by atoms with Gasteiger partial charge in [-0.05, 0) is 56.9 Å². The second-order valence-electron chi connectivity index (χ2n) is 9.86. The Morgan fingerprint density at radius 2 is 1.97 bits per heavy atom. The lowest BCUT2D eigenvalue weighted by molar-refractivity contribution is -0.155. The smallest absolute Gasteiger partial charge is 0.311 e. The van der Waals surface area contributed by atoms with E-state index in [4.69, 9.17) is 16.3 Å². The molecule has 3 aliphatic rings. The molecule has 2 bridgehead atoms. The Bertz CT molecular complexity index is 975. The number of rotatable bonds is 8. The lowest BCUT2D eigenvalue weighted by atomic mass is 9.66. The molecule has 186 valence electrons. The topological polar surface area (TPSA) is 95.9 Å². The average molecular weight is 509 g/mol. The van der Waals surface area contributed by atoms with Gasteiger partial charge in [0.2, 0.25) is 11.8 Å². The van der Waals surface area contributed by atoms with Crippen LogP contribution in [0.2, 0.25) is 5.02 Å². The Balaban J connectivity index is 1.78. The molecule has 2 amide bonds. The maximum atomic E-state index is 14.1. The van der Waals surface area contributed by atoms with Gasteiger partial charge in [0.15, 0.2) is 0 Å². The minimum atomic E-state index is -0.807. The highest BCUT2D eigenvalue weighted by Crippen LogP contribution is 2.71. The maximum Gasteiger partial charge on any atom is 0.311 e. The third kappa shape index (κ3) is 3.82. The van der Waals surface area contributed by atoms with Crippen molar-refractivity contribution in [1.29, 1.82) is 0 Å². The quantitative estimate of drug-likeness (QED) is 0.519. The predicted molar refractivity (Wildman–Crippen MR) is 133 cm³/mol. The second kappa shape index (κ2) is 9.36. The van der Waals surface area contributed by atoms with Crippen molar-refractivity contribution >= 4 is 46.8 Å². The first kappa shape index (κ1) is 25.3. The molecule has 3 heterocycles. The largest absolute Gasteiger partial charge is 0.466 e. The normalized spacial score (nSPS) is 33.5. The lowest BCUT2D eigenvalue weighted by Gasteiger charge is -2.39. The monoisotopic (exact) mass is 508 g/mol. The first-order valence-electron chi connectivity index (χ1n) is 12.0. The van der Waals surface area contributed by atoms with Crippen molar-refractivity contribution in [3.05, 3.63) is 29.3 Å². The minimum absolute atomic E-state index is 0.0196. The fraction of sp³-hybridized carbons (Fsp3) is 0.640. The van der Waals surface area contributed by atoms with Gasteiger partial charge in [-0.25, -0.2) is 0 Å². The van der Waals surface area contributed by atoms with Crippen LogP contribution >= 0.6 is 23.4 Å². The van der Waals surface area contributed by atoms with E-state index in [1.165, 1.54) is 0 Å². The molecule has 2 N–H and O–H groups in total. The standard InChI is InChI=1S/C25H33ClN2O5S/c1-5-14(3)17(13-29)28-20(21(30)27-16-9-7-15(26)8-10-16)25-12-11-24(4,34-25)19(18(25)22(28)31)23(32)33-6-2/h7-10,14,17-20,29H,5-6,11-13H2,1-4H3,(H,27,30)/t14-,17-,18-,19-,20?,24+,25?/m0/s1. The summed E-state index contributed by atoms with van der Waals surface area (Å²) in [5.41, 5.74) is 0.580. The van der Waals surface area contributed by atoms with Gasteiger partial charge in [-0.2, -0.15) is 0 Å². The number of ether oxygens (including phenoxy) is 1. The van der Waals surface area contributed by atoms with Crippen LogP contribution in [-0.4, -0.2) is 62.6 Å². The van der Waals surface area contributed by atoms with Crippen molar-refractivity contribution in [1.82, 2.24) is 4.90 Å². The Morgan fingerprint density at radius 1 is 1.29 bits per heavy atom. The predicted octanol–water partition coefficient (Wildman–Crippen LogP) is 3.73. The molecule has 4 rings (SSSR count). The molecule has 0 aromatic heterocycles. The molecular formula is C25H33ClN2O5S. The van der Waals surface area contributed by atoms with Gasteiger partial charge in [0, 0.05) is 15.5 Å². The number of nitrogens with one attached hydrogen (secondary N) is 1. The number of aliphatic hydroxyl groups is 1. The number of hydrogen-bond acceptors (Lipinski definition) is 6. The lowest BCUT2D eigenvalue weighted by Crippen LogP contribution is -2.56. The minimum Gasteiger partial charge on any atom is -0.466 e. The number of fused-ring (bicyclic) bond motifs is 1. The van der Waals surface area contributed by atoms with Gasteiger partial charge in [0.05, 0.1) is 35.8 Å². The molecule has 0 radical (unpaired) electrons. The van der Waals surface area contributed by atoms with Crippen LogP contribution in [0.1, 0.15) is 47.0 Å². The van der Waals surface area contributed by atoms with Crippen LogP contribution in [0.4, 0.5) is 5.69 Å². The molecular weight excluding hydrogens is 476 g/mol. The summed E-state index contributed by atoms with van der Waals surface area (Å²) < 4.78 is 4.19. The van der Waals surface area contributed by atoms with Crippen LogP contribution in [0, 0.1) is 17.8 Å². The Morgan fingerprint density at radius 3 is 2.56 bits per heavy atom. The first-order chi connectivity index (χ1) is 16.1. The third-order valence-corrected chi connectivity index (χ3v) is 10.2. The number of thioether (sulfide) groups is 1. The molecule has 1 spiro atoms. The molecule has 2 unspecified atom stereocenters. The van der Waals surface area contributed by atoms with E-state index in [9.17, 15) is 19.5 Å². The maximum absolute atomic E-state index is 14.1. The second-order valence-corrected chi connectivity index (χ2v) is 12.2. The summed E-state index contributed by atoms with van der Waals surface area (Å²) >= 11 is 7.59. The molecule has 9 heteroatoms. The number of aliphatic hydroxyl groups excluding tert-OH is 1. The number of anilines is 1. The molecule has 0 saturated carbocycles. The summed E-state index contributed by atoms with van der Waals surface area (Å²) in [5, 5.41) is 13.9. The van der Waals surface area contributed by atoms with Crippen LogP contribution in [0.15, 0.2) is 24.3 Å². The number of benzene rings is 1. The van der Waals surface area contributed by atoms with E-state index < -0.39 is 33.4 Å². The van der Waals surface area contributed by atoms with Gasteiger partial charge in [-0.1, -0.05) is 31.9 Å². The number of hydrogen-bond donors (Lipinski definition) is 2. The fourth-order valence-corrected chi connectivity index (χ4v) is 8.63. The number of halogens is 1. The molecule has 1 aromatic rings. The zero-order valence-electron chi connectivity index (χ0n) is 20.0. The number of carbonyl (C=O) groups excluding carboxylic acids is 3. The number of likely N-dealkylation sites (tertiary alicyclic amines) is 1. The molecule has 3 aliphatic heterocycles. The Hall–Kier alpha value is -1.77. The molecule has 3 saturated heterocycles. The number of carbonyl (C=O) groups is 3. The van der Waals surface area contributed by atoms with Crippen LogP contribution in [0.25, 0.3) is 0 Å². The van der Waals surface area contributed by atoms with Crippen molar-refractivity contribution in [2.75, 3.05) is 18.5 Å². The number of esters is 1. The van der Waals surface area contributed by atoms with E-state index in [1.54, 1.807) is 47.9 Å². The average Bonchev–Trinajstić information content (AvgIpc) is 3.37. The van der Waals surface area contributed by atoms with Gasteiger partial charge < -0.3 is 20.1 Å². The number of nitrogens with zero attached hydrogens (tertiary/aromatic N) is 1. The van der Waals surface area contributed by atoms with Gasteiger partial charge in [-0.15, -0.1) is 11.8 Å². The highest BCUT2D eigenvalue weighted by Gasteiger charge is 2.78. The van der Waals surface area contributed by atoms with E-state index in [1.807, 2.05) is 20.8 Å². The van der Waals surface area contributed by atoms with Crippen molar-refractivity contribution in [2.45, 2.75) is 68.5 Å². The molecule has 34 heavy (non-hydrogen) atoms. The van der Waals surface area contributed by atoms with Crippen LogP contribution in [0.5, 0.6) is 0 Å². The molecule has 7 nitrogen and oxygen atoms in total. The fourth-order valence-electron chi connectivity index (χ4n) is 6.17. The molecule has 7 atom stereocenters. The zero-order chi connectivity index (χ0) is 24.8. The Kier molecular flexibility index (Phi) is 6.97. The highest BCUT2D eigenvalue weighted by molar-refractivity contribution is 8.02. The van der Waals surface area contributed by atoms with E-state index >= 15 is 0 Å². The molecule has 1 aromatic carbocycles. The van der Waals surface area contributed by atoms with Crippen LogP contribution < -0.4 is 5.32 Å². The van der Waals surface area contributed by atoms with Gasteiger partial charge >= 0.3 is 5.97 Å². The van der Waals surface area contributed by atoms with Crippen molar-refractivity contribution in [3.63, 3.8) is 0 Å². The van der Waals surface area contributed by atoms with Gasteiger partial charge in [0.25, 0.3) is 0 Å². The molecule has 3 fully saturated rings.